The molecule has 0 amide bonds. The molecule has 0 aliphatic carbocycles. The van der Waals surface area contributed by atoms with Crippen molar-refractivity contribution in [1.29, 1.82) is 0 Å². The number of hydrogen-bond donors (Lipinski definition) is 1. The molecule has 3 rings (SSSR count). The maximum atomic E-state index is 5.55. The number of nitrogens with one attached hydrogen (secondary N) is 1. The maximum Gasteiger partial charge on any atom is 0.0952 e. The van der Waals surface area contributed by atoms with Crippen LogP contribution >= 0.6 is 0 Å². The second-order valence-corrected chi connectivity index (χ2v) is 4.53. The fraction of sp³-hybridized carbons (Fsp3) is 0.286. The Labute approximate surface area is 111 Å². The van der Waals surface area contributed by atoms with Gasteiger partial charge in [0.05, 0.1) is 31.1 Å². The molecule has 1 aromatic carbocycles. The van der Waals surface area contributed by atoms with E-state index in [-0.39, 0.29) is 6.04 Å². The van der Waals surface area contributed by atoms with E-state index < -0.39 is 0 Å². The Kier molecular flexibility index (Phi) is 3.39. The minimum atomic E-state index is -0.0267. The van der Waals surface area contributed by atoms with E-state index >= 15 is 0 Å². The second kappa shape index (κ2) is 5.34. The van der Waals surface area contributed by atoms with E-state index in [4.69, 9.17) is 4.84 Å². The fourth-order valence-electron chi connectivity index (χ4n) is 2.14. The zero-order valence-corrected chi connectivity index (χ0v) is 10.8. The molecule has 0 radical (unpaired) electrons. The van der Waals surface area contributed by atoms with E-state index in [2.05, 4.69) is 15.6 Å². The summed E-state index contributed by atoms with van der Waals surface area (Å²) >= 11 is 0. The fourth-order valence-corrected chi connectivity index (χ4v) is 2.14. The predicted octanol–water partition coefficient (Wildman–Crippen LogP) is 1.77. The summed E-state index contributed by atoms with van der Waals surface area (Å²) in [6, 6.07) is 10.0. The van der Waals surface area contributed by atoms with Crippen molar-refractivity contribution in [3.63, 3.8) is 0 Å². The summed E-state index contributed by atoms with van der Waals surface area (Å²) in [4.78, 5) is 9.88. The third kappa shape index (κ3) is 2.57. The molecule has 1 aliphatic rings. The molecule has 5 nitrogen and oxygen atoms in total. The monoisotopic (exact) mass is 256 g/mol. The first kappa shape index (κ1) is 12.1. The van der Waals surface area contributed by atoms with Gasteiger partial charge < -0.3 is 0 Å². The second-order valence-electron chi connectivity index (χ2n) is 4.53. The molecule has 1 atom stereocenters. The van der Waals surface area contributed by atoms with Gasteiger partial charge in [0, 0.05) is 18.8 Å². The molecule has 1 aromatic heterocycles. The van der Waals surface area contributed by atoms with E-state index in [9.17, 15) is 0 Å². The van der Waals surface area contributed by atoms with Crippen LogP contribution in [0.4, 0.5) is 0 Å². The molecular formula is C14H16N4O. The molecule has 1 unspecified atom stereocenters. The topological polar surface area (TPSA) is 51.4 Å². The molecular weight excluding hydrogens is 240 g/mol. The van der Waals surface area contributed by atoms with Gasteiger partial charge in [-0.25, -0.2) is 0 Å². The van der Waals surface area contributed by atoms with Crippen molar-refractivity contribution in [1.82, 2.24) is 15.3 Å². The van der Waals surface area contributed by atoms with Crippen LogP contribution in [0.2, 0.25) is 0 Å². The Bertz CT molecular complexity index is 576. The first-order valence-corrected chi connectivity index (χ1v) is 6.26. The van der Waals surface area contributed by atoms with Crippen molar-refractivity contribution in [2.75, 3.05) is 0 Å². The van der Waals surface area contributed by atoms with E-state index in [0.29, 0.717) is 13.2 Å². The van der Waals surface area contributed by atoms with Gasteiger partial charge in [-0.1, -0.05) is 30.3 Å². The molecule has 0 saturated heterocycles. The predicted molar refractivity (Wildman–Crippen MR) is 72.5 cm³/mol. The highest BCUT2D eigenvalue weighted by atomic mass is 16.6. The molecule has 1 aliphatic heterocycles. The standard InChI is InChI=1S/C14H16N4O/c1-18-14-9-15-8-13(12(14)7-16-18)17-19-10-11-5-3-2-4-6-11/h2-8,13,17H,9-10H2,1H3. The number of aromatic nitrogens is 2. The van der Waals surface area contributed by atoms with Crippen LogP contribution in [0.3, 0.4) is 0 Å². The molecule has 1 N–H and O–H groups in total. The number of rotatable bonds is 4. The van der Waals surface area contributed by atoms with E-state index in [0.717, 1.165) is 16.8 Å². The summed E-state index contributed by atoms with van der Waals surface area (Å²) in [6.45, 7) is 1.21. The Morgan fingerprint density at radius 1 is 1.37 bits per heavy atom. The van der Waals surface area contributed by atoms with Gasteiger partial charge >= 0.3 is 0 Å². The van der Waals surface area contributed by atoms with Crippen molar-refractivity contribution in [2.24, 2.45) is 12.0 Å². The van der Waals surface area contributed by atoms with Crippen LogP contribution in [0.15, 0.2) is 41.5 Å². The lowest BCUT2D eigenvalue weighted by Crippen LogP contribution is -2.25. The van der Waals surface area contributed by atoms with Gasteiger partial charge in [-0.2, -0.15) is 10.6 Å². The summed E-state index contributed by atoms with van der Waals surface area (Å²) in [5, 5.41) is 4.26. The lowest BCUT2D eigenvalue weighted by molar-refractivity contribution is 0.0173. The minimum absolute atomic E-state index is 0.0267. The van der Waals surface area contributed by atoms with E-state index in [1.54, 1.807) is 0 Å². The molecule has 0 spiro atoms. The van der Waals surface area contributed by atoms with Gasteiger partial charge in [-0.15, -0.1) is 0 Å². The third-order valence-corrected chi connectivity index (χ3v) is 3.22. The SMILES string of the molecule is Cn1ncc2c1CN=CC2NOCc1ccccc1. The Hall–Kier alpha value is -1.98. The third-order valence-electron chi connectivity index (χ3n) is 3.22. The van der Waals surface area contributed by atoms with Gasteiger partial charge in [-0.05, 0) is 5.56 Å². The first-order valence-electron chi connectivity index (χ1n) is 6.26. The number of hydroxylamine groups is 1. The molecule has 98 valence electrons. The molecule has 0 bridgehead atoms. The van der Waals surface area contributed by atoms with Gasteiger partial charge in [-0.3, -0.25) is 14.5 Å². The normalized spacial score (nSPS) is 17.4. The quantitative estimate of drug-likeness (QED) is 0.848. The number of aliphatic imine (C=N–C) groups is 1. The average molecular weight is 256 g/mol. The minimum Gasteiger partial charge on any atom is -0.296 e. The van der Waals surface area contributed by atoms with Gasteiger partial charge in [0.15, 0.2) is 0 Å². The van der Waals surface area contributed by atoms with Gasteiger partial charge in [0.25, 0.3) is 0 Å². The molecule has 0 saturated carbocycles. The van der Waals surface area contributed by atoms with Gasteiger partial charge in [0.2, 0.25) is 0 Å². The number of hydrogen-bond acceptors (Lipinski definition) is 4. The van der Waals surface area contributed by atoms with Crippen LogP contribution in [0.25, 0.3) is 0 Å². The zero-order valence-electron chi connectivity index (χ0n) is 10.8. The first-order chi connectivity index (χ1) is 9.34. The van der Waals surface area contributed by atoms with Gasteiger partial charge in [0.1, 0.15) is 0 Å². The number of aryl methyl sites for hydroxylation is 1. The van der Waals surface area contributed by atoms with Crippen LogP contribution in [0.1, 0.15) is 22.9 Å². The van der Waals surface area contributed by atoms with Crippen molar-refractivity contribution < 1.29 is 4.84 Å². The number of nitrogens with zero attached hydrogens (tertiary/aromatic N) is 3. The van der Waals surface area contributed by atoms with Crippen molar-refractivity contribution >= 4 is 6.21 Å². The summed E-state index contributed by atoms with van der Waals surface area (Å²) < 4.78 is 1.86. The molecule has 2 aromatic rings. The Morgan fingerprint density at radius 3 is 3.05 bits per heavy atom. The van der Waals surface area contributed by atoms with Crippen molar-refractivity contribution in [3.8, 4) is 0 Å². The largest absolute Gasteiger partial charge is 0.296 e. The van der Waals surface area contributed by atoms with E-state index in [1.165, 1.54) is 0 Å². The van der Waals surface area contributed by atoms with Crippen LogP contribution in [0, 0.1) is 0 Å². The summed E-state index contributed by atoms with van der Waals surface area (Å²) in [7, 11) is 1.93. The summed E-state index contributed by atoms with van der Waals surface area (Å²) in [6.07, 6.45) is 3.74. The highest BCUT2D eigenvalue weighted by molar-refractivity contribution is 5.69. The maximum absolute atomic E-state index is 5.55. The highest BCUT2D eigenvalue weighted by Gasteiger charge is 2.20. The molecule has 2 heterocycles. The van der Waals surface area contributed by atoms with Crippen LogP contribution < -0.4 is 5.48 Å². The highest BCUT2D eigenvalue weighted by Crippen LogP contribution is 2.21. The summed E-state index contributed by atoms with van der Waals surface area (Å²) in [5.41, 5.74) is 6.43. The Balaban J connectivity index is 1.61. The molecule has 5 heteroatoms. The van der Waals surface area contributed by atoms with Crippen LogP contribution in [0.5, 0.6) is 0 Å². The van der Waals surface area contributed by atoms with Crippen LogP contribution in [-0.2, 0) is 25.0 Å². The number of fused-ring (bicyclic) bond motifs is 1. The summed E-state index contributed by atoms with van der Waals surface area (Å²) in [5.74, 6) is 0. The number of benzene rings is 1. The smallest absolute Gasteiger partial charge is 0.0952 e. The Morgan fingerprint density at radius 2 is 2.21 bits per heavy atom. The van der Waals surface area contributed by atoms with E-state index in [1.807, 2.05) is 54.5 Å². The average Bonchev–Trinajstić information content (AvgIpc) is 2.83. The zero-order chi connectivity index (χ0) is 13.1. The van der Waals surface area contributed by atoms with Crippen molar-refractivity contribution in [2.45, 2.75) is 19.2 Å². The van der Waals surface area contributed by atoms with Crippen LogP contribution in [-0.4, -0.2) is 16.0 Å². The van der Waals surface area contributed by atoms with Crippen molar-refractivity contribution in [3.05, 3.63) is 53.3 Å². The molecule has 0 fully saturated rings. The molecule has 19 heavy (non-hydrogen) atoms. The lowest BCUT2D eigenvalue weighted by atomic mass is 10.1. The lowest BCUT2D eigenvalue weighted by Gasteiger charge is -2.18.